The zero-order valence-electron chi connectivity index (χ0n) is 12.7. The number of carbonyl (C=O) groups excluding carboxylic acids is 2. The number of thioether (sulfide) groups is 1. The molecule has 1 fully saturated rings. The second-order valence-electron chi connectivity index (χ2n) is 4.77. The fraction of sp³-hybridized carbons (Fsp3) is 0.583. The van der Waals surface area contributed by atoms with Crippen LogP contribution in [-0.2, 0) is 14.3 Å². The quantitative estimate of drug-likeness (QED) is 0.442. The van der Waals surface area contributed by atoms with Gasteiger partial charge in [0.2, 0.25) is 11.0 Å². The molecule has 1 aromatic heterocycles. The molecule has 1 saturated heterocycles. The van der Waals surface area contributed by atoms with Crippen molar-refractivity contribution in [3.8, 4) is 0 Å². The third-order valence-electron chi connectivity index (χ3n) is 2.37. The summed E-state index contributed by atoms with van der Waals surface area (Å²) in [6.07, 6.45) is -0.453. The van der Waals surface area contributed by atoms with E-state index in [0.717, 1.165) is 10.1 Å². The third kappa shape index (κ3) is 7.28. The summed E-state index contributed by atoms with van der Waals surface area (Å²) in [4.78, 5) is 32.7. The number of ether oxygens (including phenoxy) is 1. The summed E-state index contributed by atoms with van der Waals surface area (Å²) < 4.78 is 5.58. The van der Waals surface area contributed by atoms with Crippen molar-refractivity contribution in [3.63, 3.8) is 0 Å². The molecule has 1 aliphatic heterocycles. The minimum atomic E-state index is -0.453. The highest BCUT2D eigenvalue weighted by molar-refractivity contribution is 8.01. The summed E-state index contributed by atoms with van der Waals surface area (Å²) in [6, 6.07) is 0. The molecule has 2 rings (SSSR count). The standard InChI is InChI=1S/C11H16N4O3S2.CH2O2/c1-7(2)6-19-10-14-13-9(20-10)12-8(16)5-15-3-4-18-11(15)17;2-1-3/h7H,3-6H2,1-2H3,(H,12,13,16);1H,(H,2,3). The Balaban J connectivity index is 0.000000816. The first-order chi connectivity index (χ1) is 11.0. The predicted octanol–water partition coefficient (Wildman–Crippen LogP) is 1.38. The molecule has 2 heterocycles. The summed E-state index contributed by atoms with van der Waals surface area (Å²) in [7, 11) is 0. The van der Waals surface area contributed by atoms with Gasteiger partial charge in [-0.3, -0.25) is 19.8 Å². The smallest absolute Gasteiger partial charge is 0.410 e. The molecule has 0 radical (unpaired) electrons. The third-order valence-corrected chi connectivity index (χ3v) is 4.77. The van der Waals surface area contributed by atoms with E-state index in [1.54, 1.807) is 11.8 Å². The van der Waals surface area contributed by atoms with Gasteiger partial charge in [-0.25, -0.2) is 4.79 Å². The van der Waals surface area contributed by atoms with Crippen LogP contribution < -0.4 is 5.32 Å². The van der Waals surface area contributed by atoms with Gasteiger partial charge in [0.25, 0.3) is 6.47 Å². The molecule has 9 nitrogen and oxygen atoms in total. The Morgan fingerprint density at radius 1 is 1.57 bits per heavy atom. The number of anilines is 1. The Morgan fingerprint density at radius 3 is 2.83 bits per heavy atom. The molecule has 0 unspecified atom stereocenters. The van der Waals surface area contributed by atoms with E-state index in [0.29, 0.717) is 24.2 Å². The summed E-state index contributed by atoms with van der Waals surface area (Å²) in [6.45, 7) is 4.77. The van der Waals surface area contributed by atoms with Crippen LogP contribution in [0.4, 0.5) is 9.93 Å². The van der Waals surface area contributed by atoms with Gasteiger partial charge in [-0.2, -0.15) is 0 Å². The molecular formula is C12H18N4O5S2. The minimum Gasteiger partial charge on any atom is -0.483 e. The van der Waals surface area contributed by atoms with E-state index in [4.69, 9.17) is 14.6 Å². The highest BCUT2D eigenvalue weighted by Crippen LogP contribution is 2.26. The molecule has 0 bridgehead atoms. The van der Waals surface area contributed by atoms with Gasteiger partial charge in [0.1, 0.15) is 13.2 Å². The summed E-state index contributed by atoms with van der Waals surface area (Å²) in [5, 5.41) is 17.9. The van der Waals surface area contributed by atoms with Crippen LogP contribution in [0.15, 0.2) is 4.34 Å². The SMILES string of the molecule is CC(C)CSc1nnc(NC(=O)CN2CCOC2=O)s1.O=CO. The number of cyclic esters (lactones) is 1. The molecular weight excluding hydrogens is 344 g/mol. The van der Waals surface area contributed by atoms with Gasteiger partial charge in [0.05, 0.1) is 6.54 Å². The lowest BCUT2D eigenvalue weighted by molar-refractivity contribution is -0.123. The van der Waals surface area contributed by atoms with Gasteiger partial charge >= 0.3 is 6.09 Å². The lowest BCUT2D eigenvalue weighted by atomic mass is 10.3. The fourth-order valence-corrected chi connectivity index (χ4v) is 3.20. The molecule has 0 atom stereocenters. The first-order valence-electron chi connectivity index (χ1n) is 6.72. The van der Waals surface area contributed by atoms with Gasteiger partial charge in [-0.1, -0.05) is 36.9 Å². The maximum atomic E-state index is 11.8. The van der Waals surface area contributed by atoms with Crippen molar-refractivity contribution >= 4 is 46.7 Å². The number of hydrogen-bond acceptors (Lipinski definition) is 8. The first kappa shape index (κ1) is 19.2. The van der Waals surface area contributed by atoms with Crippen molar-refractivity contribution in [3.05, 3.63) is 0 Å². The highest BCUT2D eigenvalue weighted by Gasteiger charge is 2.24. The Morgan fingerprint density at radius 2 is 2.26 bits per heavy atom. The van der Waals surface area contributed by atoms with E-state index in [1.807, 2.05) is 0 Å². The van der Waals surface area contributed by atoms with E-state index >= 15 is 0 Å². The van der Waals surface area contributed by atoms with Crippen LogP contribution in [0.1, 0.15) is 13.8 Å². The van der Waals surface area contributed by atoms with Gasteiger partial charge < -0.3 is 9.84 Å². The average Bonchev–Trinajstić information content (AvgIpc) is 3.07. The Bertz CT molecular complexity index is 537. The number of hydrogen-bond donors (Lipinski definition) is 2. The fourth-order valence-electron chi connectivity index (χ4n) is 1.46. The zero-order valence-corrected chi connectivity index (χ0v) is 14.4. The number of carbonyl (C=O) groups is 3. The summed E-state index contributed by atoms with van der Waals surface area (Å²) >= 11 is 2.95. The molecule has 2 N–H and O–H groups in total. The van der Waals surface area contributed by atoms with Crippen LogP contribution in [-0.4, -0.2) is 64.1 Å². The average molecular weight is 362 g/mol. The largest absolute Gasteiger partial charge is 0.483 e. The van der Waals surface area contributed by atoms with Crippen LogP contribution in [0.3, 0.4) is 0 Å². The van der Waals surface area contributed by atoms with E-state index in [-0.39, 0.29) is 18.9 Å². The van der Waals surface area contributed by atoms with E-state index in [9.17, 15) is 9.59 Å². The van der Waals surface area contributed by atoms with Gasteiger partial charge in [-0.05, 0) is 5.92 Å². The number of aromatic nitrogens is 2. The monoisotopic (exact) mass is 362 g/mol. The first-order valence-corrected chi connectivity index (χ1v) is 8.52. The molecule has 0 spiro atoms. The Kier molecular flexibility index (Phi) is 8.33. The predicted molar refractivity (Wildman–Crippen MR) is 85.7 cm³/mol. The molecule has 1 aliphatic rings. The molecule has 0 aliphatic carbocycles. The zero-order chi connectivity index (χ0) is 17.2. The molecule has 0 aromatic carbocycles. The van der Waals surface area contributed by atoms with E-state index < -0.39 is 6.09 Å². The van der Waals surface area contributed by atoms with Gasteiger partial charge in [-0.15, -0.1) is 10.2 Å². The second kappa shape index (κ2) is 10.0. The summed E-state index contributed by atoms with van der Waals surface area (Å²) in [5.41, 5.74) is 0. The maximum Gasteiger partial charge on any atom is 0.410 e. The van der Waals surface area contributed by atoms with Crippen molar-refractivity contribution in [2.45, 2.75) is 18.2 Å². The van der Waals surface area contributed by atoms with Crippen molar-refractivity contribution in [2.24, 2.45) is 5.92 Å². The molecule has 11 heteroatoms. The molecule has 1 aromatic rings. The van der Waals surface area contributed by atoms with Crippen LogP contribution in [0.2, 0.25) is 0 Å². The molecule has 0 saturated carbocycles. The number of amides is 2. The topological polar surface area (TPSA) is 122 Å². The highest BCUT2D eigenvalue weighted by atomic mass is 32.2. The van der Waals surface area contributed by atoms with Crippen molar-refractivity contribution in [2.75, 3.05) is 30.8 Å². The molecule has 23 heavy (non-hydrogen) atoms. The maximum absolute atomic E-state index is 11.8. The van der Waals surface area contributed by atoms with Crippen LogP contribution in [0, 0.1) is 5.92 Å². The van der Waals surface area contributed by atoms with Crippen molar-refractivity contribution in [1.82, 2.24) is 15.1 Å². The van der Waals surface area contributed by atoms with Crippen LogP contribution in [0.5, 0.6) is 0 Å². The Hall–Kier alpha value is -1.88. The van der Waals surface area contributed by atoms with Crippen LogP contribution >= 0.6 is 23.1 Å². The van der Waals surface area contributed by atoms with E-state index in [2.05, 4.69) is 29.4 Å². The second-order valence-corrected chi connectivity index (χ2v) is 7.01. The van der Waals surface area contributed by atoms with Crippen molar-refractivity contribution in [1.29, 1.82) is 0 Å². The Labute approximate surface area is 141 Å². The van der Waals surface area contributed by atoms with Gasteiger partial charge in [0.15, 0.2) is 4.34 Å². The number of rotatable bonds is 6. The van der Waals surface area contributed by atoms with Crippen molar-refractivity contribution < 1.29 is 24.2 Å². The number of nitrogens with one attached hydrogen (secondary N) is 1. The normalized spacial score (nSPS) is 13.3. The molecule has 128 valence electrons. The lowest BCUT2D eigenvalue weighted by Gasteiger charge is -2.10. The summed E-state index contributed by atoms with van der Waals surface area (Å²) in [5.74, 6) is 1.24. The number of nitrogens with zero attached hydrogens (tertiary/aromatic N) is 3. The lowest BCUT2D eigenvalue weighted by Crippen LogP contribution is -2.33. The van der Waals surface area contributed by atoms with Gasteiger partial charge in [0, 0.05) is 5.75 Å². The minimum absolute atomic E-state index is 0.0209. The van der Waals surface area contributed by atoms with E-state index in [1.165, 1.54) is 16.2 Å². The number of carboxylic acid groups (broad SMARTS) is 1. The molecule has 2 amide bonds. The van der Waals surface area contributed by atoms with Crippen LogP contribution in [0.25, 0.3) is 0 Å².